The smallest absolute Gasteiger partial charge is 0.356 e. The molecule has 0 aliphatic rings. The third-order valence-electron chi connectivity index (χ3n) is 3.36. The van der Waals surface area contributed by atoms with Crippen molar-refractivity contribution in [3.8, 4) is 17.1 Å². The van der Waals surface area contributed by atoms with Crippen LogP contribution < -0.4 is 0 Å². The van der Waals surface area contributed by atoms with Gasteiger partial charge in [0.05, 0.1) is 10.6 Å². The number of aromatic carboxylic acids is 1. The predicted octanol–water partition coefficient (Wildman–Crippen LogP) is 2.04. The van der Waals surface area contributed by atoms with E-state index < -0.39 is 15.8 Å². The zero-order valence-electron chi connectivity index (χ0n) is 12.6. The molecule has 0 saturated carbocycles. The highest BCUT2D eigenvalue weighted by molar-refractivity contribution is 7.90. The van der Waals surface area contributed by atoms with E-state index in [1.165, 1.54) is 29.1 Å². The number of pyridine rings is 1. The molecule has 0 radical (unpaired) electrons. The van der Waals surface area contributed by atoms with E-state index in [0.29, 0.717) is 11.5 Å². The number of carboxylic acid groups (broad SMARTS) is 1. The van der Waals surface area contributed by atoms with Gasteiger partial charge in [0.15, 0.2) is 21.3 Å². The van der Waals surface area contributed by atoms with Crippen LogP contribution in [0.3, 0.4) is 0 Å². The number of hydrogen-bond donors (Lipinski definition) is 1. The van der Waals surface area contributed by atoms with Crippen LogP contribution in [0.25, 0.3) is 17.1 Å². The minimum atomic E-state index is -3.36. The second kappa shape index (κ2) is 5.89. The molecule has 7 nitrogen and oxygen atoms in total. The number of sulfone groups is 1. The summed E-state index contributed by atoms with van der Waals surface area (Å²) in [5.74, 6) is -0.826. The summed E-state index contributed by atoms with van der Waals surface area (Å²) in [5, 5.41) is 13.2. The first-order valence-corrected chi connectivity index (χ1v) is 8.80. The van der Waals surface area contributed by atoms with Gasteiger partial charge in [0.1, 0.15) is 0 Å². The van der Waals surface area contributed by atoms with Crippen LogP contribution in [0.15, 0.2) is 59.6 Å². The van der Waals surface area contributed by atoms with Crippen LogP contribution in [0, 0.1) is 0 Å². The standard InChI is InChI=1S/C16H13N3O4S/c1-24(22,23)12-7-8-15(17-10-12)19-14(9-13(18-19)16(20)21)11-5-3-2-4-6-11/h2-10H,1H3,(H,20,21). The fraction of sp³-hybridized carbons (Fsp3) is 0.0625. The van der Waals surface area contributed by atoms with E-state index in [0.717, 1.165) is 11.8 Å². The van der Waals surface area contributed by atoms with Gasteiger partial charge in [0, 0.05) is 18.0 Å². The second-order valence-electron chi connectivity index (χ2n) is 5.12. The highest BCUT2D eigenvalue weighted by Gasteiger charge is 2.17. The van der Waals surface area contributed by atoms with Crippen molar-refractivity contribution >= 4 is 15.8 Å². The van der Waals surface area contributed by atoms with Crippen molar-refractivity contribution in [1.82, 2.24) is 14.8 Å². The van der Waals surface area contributed by atoms with Crippen molar-refractivity contribution in [2.75, 3.05) is 6.26 Å². The van der Waals surface area contributed by atoms with E-state index in [2.05, 4.69) is 10.1 Å². The molecule has 24 heavy (non-hydrogen) atoms. The summed E-state index contributed by atoms with van der Waals surface area (Å²) in [5.41, 5.74) is 1.20. The van der Waals surface area contributed by atoms with Gasteiger partial charge in [-0.15, -0.1) is 0 Å². The number of benzene rings is 1. The van der Waals surface area contributed by atoms with Crippen LogP contribution in [-0.2, 0) is 9.84 Å². The molecule has 3 aromatic rings. The first-order valence-electron chi connectivity index (χ1n) is 6.91. The SMILES string of the molecule is CS(=O)(=O)c1ccc(-n2nc(C(=O)O)cc2-c2ccccc2)nc1. The Kier molecular flexibility index (Phi) is 3.90. The predicted molar refractivity (Wildman–Crippen MR) is 86.9 cm³/mol. The van der Waals surface area contributed by atoms with Crippen LogP contribution >= 0.6 is 0 Å². The van der Waals surface area contributed by atoms with E-state index >= 15 is 0 Å². The molecule has 0 atom stereocenters. The summed E-state index contributed by atoms with van der Waals surface area (Å²) in [6.45, 7) is 0. The lowest BCUT2D eigenvalue weighted by molar-refractivity contribution is 0.0690. The third kappa shape index (κ3) is 3.04. The van der Waals surface area contributed by atoms with Gasteiger partial charge in [-0.25, -0.2) is 22.9 Å². The molecule has 2 aromatic heterocycles. The number of nitrogens with zero attached hydrogens (tertiary/aromatic N) is 3. The van der Waals surface area contributed by atoms with Gasteiger partial charge in [0.25, 0.3) is 0 Å². The Morgan fingerprint density at radius 1 is 1.12 bits per heavy atom. The molecule has 8 heteroatoms. The van der Waals surface area contributed by atoms with Crippen molar-refractivity contribution in [3.05, 3.63) is 60.4 Å². The van der Waals surface area contributed by atoms with E-state index in [-0.39, 0.29) is 10.6 Å². The van der Waals surface area contributed by atoms with Gasteiger partial charge in [-0.05, 0) is 18.2 Å². The molecule has 2 heterocycles. The highest BCUT2D eigenvalue weighted by Crippen LogP contribution is 2.23. The monoisotopic (exact) mass is 343 g/mol. The average molecular weight is 343 g/mol. The molecule has 0 aliphatic heterocycles. The Hall–Kier alpha value is -3.00. The molecule has 0 bridgehead atoms. The lowest BCUT2D eigenvalue weighted by atomic mass is 10.1. The maximum atomic E-state index is 11.5. The van der Waals surface area contributed by atoms with Gasteiger partial charge in [-0.1, -0.05) is 30.3 Å². The molecular weight excluding hydrogens is 330 g/mol. The lowest BCUT2D eigenvalue weighted by Crippen LogP contribution is -2.05. The summed E-state index contributed by atoms with van der Waals surface area (Å²) >= 11 is 0. The van der Waals surface area contributed by atoms with Crippen LogP contribution in [0.1, 0.15) is 10.5 Å². The Morgan fingerprint density at radius 2 is 1.83 bits per heavy atom. The summed E-state index contributed by atoms with van der Waals surface area (Å²) < 4.78 is 24.4. The second-order valence-corrected chi connectivity index (χ2v) is 7.14. The molecule has 0 spiro atoms. The maximum Gasteiger partial charge on any atom is 0.356 e. The minimum Gasteiger partial charge on any atom is -0.476 e. The number of hydrogen-bond acceptors (Lipinski definition) is 5. The van der Waals surface area contributed by atoms with Gasteiger partial charge < -0.3 is 5.11 Å². The van der Waals surface area contributed by atoms with Crippen molar-refractivity contribution < 1.29 is 18.3 Å². The Morgan fingerprint density at radius 3 is 2.38 bits per heavy atom. The first-order chi connectivity index (χ1) is 11.4. The normalized spacial score (nSPS) is 11.4. The zero-order valence-corrected chi connectivity index (χ0v) is 13.4. The molecule has 0 saturated heterocycles. The fourth-order valence-electron chi connectivity index (χ4n) is 2.19. The fourth-order valence-corrected chi connectivity index (χ4v) is 2.75. The number of aromatic nitrogens is 3. The summed E-state index contributed by atoms with van der Waals surface area (Å²) in [4.78, 5) is 15.4. The summed E-state index contributed by atoms with van der Waals surface area (Å²) in [7, 11) is -3.36. The largest absolute Gasteiger partial charge is 0.476 e. The Balaban J connectivity index is 2.15. The number of rotatable bonds is 4. The van der Waals surface area contributed by atoms with E-state index in [1.807, 2.05) is 30.3 Å². The Labute approximate surface area is 138 Å². The number of carboxylic acids is 1. The van der Waals surface area contributed by atoms with Crippen LogP contribution in [0.5, 0.6) is 0 Å². The molecule has 1 aromatic carbocycles. The van der Waals surface area contributed by atoms with Crippen molar-refractivity contribution in [2.24, 2.45) is 0 Å². The van der Waals surface area contributed by atoms with Crippen molar-refractivity contribution in [1.29, 1.82) is 0 Å². The summed E-state index contributed by atoms with van der Waals surface area (Å²) in [6, 6.07) is 13.5. The summed E-state index contributed by atoms with van der Waals surface area (Å²) in [6.07, 6.45) is 2.32. The molecule has 0 fully saturated rings. The van der Waals surface area contributed by atoms with Crippen molar-refractivity contribution in [3.63, 3.8) is 0 Å². The van der Waals surface area contributed by atoms with Crippen LogP contribution in [0.2, 0.25) is 0 Å². The van der Waals surface area contributed by atoms with E-state index in [4.69, 9.17) is 0 Å². The molecule has 0 unspecified atom stereocenters. The molecule has 122 valence electrons. The topological polar surface area (TPSA) is 102 Å². The van der Waals surface area contributed by atoms with E-state index in [1.54, 1.807) is 0 Å². The molecule has 0 amide bonds. The van der Waals surface area contributed by atoms with Crippen molar-refractivity contribution in [2.45, 2.75) is 4.90 Å². The third-order valence-corrected chi connectivity index (χ3v) is 4.46. The average Bonchev–Trinajstić information content (AvgIpc) is 3.00. The zero-order chi connectivity index (χ0) is 17.3. The van der Waals surface area contributed by atoms with Crippen LogP contribution in [0.4, 0.5) is 0 Å². The maximum absolute atomic E-state index is 11.5. The minimum absolute atomic E-state index is 0.0816. The van der Waals surface area contributed by atoms with Gasteiger partial charge in [0.2, 0.25) is 0 Å². The molecule has 0 aliphatic carbocycles. The van der Waals surface area contributed by atoms with Gasteiger partial charge in [-0.3, -0.25) is 0 Å². The van der Waals surface area contributed by atoms with E-state index in [9.17, 15) is 18.3 Å². The van der Waals surface area contributed by atoms with Crippen LogP contribution in [-0.4, -0.2) is 40.5 Å². The highest BCUT2D eigenvalue weighted by atomic mass is 32.2. The molecule has 1 N–H and O–H groups in total. The Bertz CT molecular complexity index is 994. The molecular formula is C16H13N3O4S. The first kappa shape index (κ1) is 15.9. The number of carbonyl (C=O) groups is 1. The molecule has 3 rings (SSSR count). The van der Waals surface area contributed by atoms with Gasteiger partial charge in [-0.2, -0.15) is 5.10 Å². The van der Waals surface area contributed by atoms with Gasteiger partial charge >= 0.3 is 5.97 Å². The lowest BCUT2D eigenvalue weighted by Gasteiger charge is -2.07. The quantitative estimate of drug-likeness (QED) is 0.778.